The van der Waals surface area contributed by atoms with E-state index in [9.17, 15) is 0 Å². The van der Waals surface area contributed by atoms with Crippen LogP contribution in [0.25, 0.3) is 11.1 Å². The molecular formula is C8H6BrNO2. The average Bonchev–Trinajstić information content (AvgIpc) is 2.46. The first-order valence-electron chi connectivity index (χ1n) is 3.39. The van der Waals surface area contributed by atoms with Crippen molar-refractivity contribution in [1.29, 1.82) is 0 Å². The van der Waals surface area contributed by atoms with Crippen LogP contribution in [-0.4, -0.2) is 12.1 Å². The zero-order valence-electron chi connectivity index (χ0n) is 6.37. The van der Waals surface area contributed by atoms with Gasteiger partial charge in [0.25, 0.3) is 0 Å². The fraction of sp³-hybridized carbons (Fsp3) is 0.125. The first kappa shape index (κ1) is 7.61. The highest BCUT2D eigenvalue weighted by molar-refractivity contribution is 9.10. The molecule has 0 amide bonds. The van der Waals surface area contributed by atoms with E-state index in [1.54, 1.807) is 0 Å². The van der Waals surface area contributed by atoms with E-state index >= 15 is 0 Å². The molecule has 1 heterocycles. The third-order valence-corrected chi connectivity index (χ3v) is 2.00. The van der Waals surface area contributed by atoms with E-state index < -0.39 is 0 Å². The topological polar surface area (TPSA) is 35.3 Å². The maximum absolute atomic E-state index is 5.23. The van der Waals surface area contributed by atoms with E-state index in [4.69, 9.17) is 9.15 Å². The van der Waals surface area contributed by atoms with Crippen LogP contribution in [0.3, 0.4) is 0 Å². The smallest absolute Gasteiger partial charge is 0.394 e. The Morgan fingerprint density at radius 1 is 1.50 bits per heavy atom. The number of benzene rings is 1. The molecule has 1 aromatic heterocycles. The van der Waals surface area contributed by atoms with E-state index in [1.807, 2.05) is 18.2 Å². The summed E-state index contributed by atoms with van der Waals surface area (Å²) in [7, 11) is 1.53. The molecule has 0 saturated carbocycles. The number of halogens is 1. The van der Waals surface area contributed by atoms with Crippen LogP contribution in [-0.2, 0) is 0 Å². The van der Waals surface area contributed by atoms with Crippen LogP contribution in [0.1, 0.15) is 0 Å². The summed E-state index contributed by atoms with van der Waals surface area (Å²) in [6, 6.07) is 5.63. The lowest BCUT2D eigenvalue weighted by molar-refractivity contribution is 0.299. The minimum atomic E-state index is 0.295. The Morgan fingerprint density at radius 3 is 3.08 bits per heavy atom. The quantitative estimate of drug-likeness (QED) is 0.752. The van der Waals surface area contributed by atoms with Crippen molar-refractivity contribution < 1.29 is 9.15 Å². The molecule has 2 aromatic rings. The summed E-state index contributed by atoms with van der Waals surface area (Å²) in [6.07, 6.45) is 0.295. The Balaban J connectivity index is 2.67. The lowest BCUT2D eigenvalue weighted by atomic mass is 10.3. The molecule has 0 bridgehead atoms. The molecule has 0 saturated heterocycles. The molecule has 0 N–H and O–H groups in total. The van der Waals surface area contributed by atoms with Crippen molar-refractivity contribution in [2.75, 3.05) is 7.11 Å². The third kappa shape index (κ3) is 1.18. The van der Waals surface area contributed by atoms with E-state index in [1.165, 1.54) is 7.11 Å². The van der Waals surface area contributed by atoms with E-state index in [0.717, 1.165) is 15.6 Å². The number of ether oxygens (including phenoxy) is 1. The van der Waals surface area contributed by atoms with Gasteiger partial charge in [0.2, 0.25) is 0 Å². The minimum Gasteiger partial charge on any atom is -0.453 e. The van der Waals surface area contributed by atoms with Gasteiger partial charge in [-0.2, -0.15) is 4.98 Å². The van der Waals surface area contributed by atoms with Gasteiger partial charge in [0.05, 0.1) is 7.11 Å². The first-order valence-corrected chi connectivity index (χ1v) is 4.19. The summed E-state index contributed by atoms with van der Waals surface area (Å²) in [5, 5.41) is 0. The molecule has 0 fully saturated rings. The third-order valence-electron chi connectivity index (χ3n) is 1.51. The van der Waals surface area contributed by atoms with E-state index in [0.29, 0.717) is 6.08 Å². The summed E-state index contributed by atoms with van der Waals surface area (Å²) in [5.41, 5.74) is 1.52. The van der Waals surface area contributed by atoms with Crippen molar-refractivity contribution >= 4 is 27.0 Å². The van der Waals surface area contributed by atoms with Gasteiger partial charge in [-0.1, -0.05) is 15.9 Å². The zero-order chi connectivity index (χ0) is 8.55. The molecule has 0 radical (unpaired) electrons. The molecule has 2 rings (SSSR count). The molecule has 12 heavy (non-hydrogen) atoms. The van der Waals surface area contributed by atoms with E-state index in [2.05, 4.69) is 20.9 Å². The van der Waals surface area contributed by atoms with Crippen molar-refractivity contribution in [3.8, 4) is 6.08 Å². The minimum absolute atomic E-state index is 0.295. The Hall–Kier alpha value is -1.03. The molecule has 0 atom stereocenters. The monoisotopic (exact) mass is 227 g/mol. The number of oxazole rings is 1. The summed E-state index contributed by atoms with van der Waals surface area (Å²) in [5.74, 6) is 0. The molecule has 3 nitrogen and oxygen atoms in total. The lowest BCUT2D eigenvalue weighted by Crippen LogP contribution is -1.79. The SMILES string of the molecule is COc1nc2ccc(Br)cc2o1. The van der Waals surface area contributed by atoms with Gasteiger partial charge in [-0.15, -0.1) is 0 Å². The van der Waals surface area contributed by atoms with Crippen LogP contribution in [0.2, 0.25) is 0 Å². The number of rotatable bonds is 1. The maximum Gasteiger partial charge on any atom is 0.394 e. The predicted octanol–water partition coefficient (Wildman–Crippen LogP) is 2.60. The molecule has 0 aliphatic carbocycles. The number of hydrogen-bond donors (Lipinski definition) is 0. The lowest BCUT2D eigenvalue weighted by Gasteiger charge is -1.86. The largest absolute Gasteiger partial charge is 0.453 e. The molecule has 0 aliphatic heterocycles. The normalized spacial score (nSPS) is 10.5. The Labute approximate surface area is 77.5 Å². The summed E-state index contributed by atoms with van der Waals surface area (Å²) < 4.78 is 11.0. The first-order chi connectivity index (χ1) is 5.79. The average molecular weight is 228 g/mol. The van der Waals surface area contributed by atoms with E-state index in [-0.39, 0.29) is 0 Å². The second-order valence-corrected chi connectivity index (χ2v) is 3.21. The Kier molecular flexibility index (Phi) is 1.77. The molecule has 4 heteroatoms. The van der Waals surface area contributed by atoms with Crippen LogP contribution in [0.15, 0.2) is 27.1 Å². The number of hydrogen-bond acceptors (Lipinski definition) is 3. The van der Waals surface area contributed by atoms with Crippen molar-refractivity contribution in [3.05, 3.63) is 22.7 Å². The summed E-state index contributed by atoms with van der Waals surface area (Å²) in [4.78, 5) is 4.06. The van der Waals surface area contributed by atoms with Gasteiger partial charge < -0.3 is 9.15 Å². The Bertz CT molecular complexity index is 410. The Morgan fingerprint density at radius 2 is 2.33 bits per heavy atom. The molecule has 1 aromatic carbocycles. The molecule has 0 aliphatic rings. The van der Waals surface area contributed by atoms with Crippen LogP contribution >= 0.6 is 15.9 Å². The van der Waals surface area contributed by atoms with Crippen LogP contribution in [0.4, 0.5) is 0 Å². The summed E-state index contributed by atoms with van der Waals surface area (Å²) >= 11 is 3.33. The van der Waals surface area contributed by atoms with Gasteiger partial charge >= 0.3 is 6.08 Å². The second-order valence-electron chi connectivity index (χ2n) is 2.30. The van der Waals surface area contributed by atoms with Gasteiger partial charge in [-0.05, 0) is 18.2 Å². The fourth-order valence-corrected chi connectivity index (χ4v) is 1.30. The number of fused-ring (bicyclic) bond motifs is 1. The zero-order valence-corrected chi connectivity index (χ0v) is 7.96. The van der Waals surface area contributed by atoms with Crippen molar-refractivity contribution in [2.24, 2.45) is 0 Å². The van der Waals surface area contributed by atoms with Gasteiger partial charge in [-0.3, -0.25) is 0 Å². The molecule has 62 valence electrons. The highest BCUT2D eigenvalue weighted by Crippen LogP contribution is 2.23. The maximum atomic E-state index is 5.23. The van der Waals surface area contributed by atoms with Crippen LogP contribution in [0.5, 0.6) is 6.08 Å². The van der Waals surface area contributed by atoms with Gasteiger partial charge in [0.15, 0.2) is 5.58 Å². The van der Waals surface area contributed by atoms with Crippen molar-refractivity contribution in [3.63, 3.8) is 0 Å². The fourth-order valence-electron chi connectivity index (χ4n) is 0.965. The second kappa shape index (κ2) is 2.79. The van der Waals surface area contributed by atoms with Crippen molar-refractivity contribution in [2.45, 2.75) is 0 Å². The molecule has 0 spiro atoms. The number of methoxy groups -OCH3 is 1. The predicted molar refractivity (Wildman–Crippen MR) is 48.3 cm³/mol. The van der Waals surface area contributed by atoms with Gasteiger partial charge in [0, 0.05) is 4.47 Å². The number of nitrogens with zero attached hydrogens (tertiary/aromatic N) is 1. The molecule has 0 unspecified atom stereocenters. The van der Waals surface area contributed by atoms with Crippen LogP contribution in [0, 0.1) is 0 Å². The highest BCUT2D eigenvalue weighted by Gasteiger charge is 2.04. The summed E-state index contributed by atoms with van der Waals surface area (Å²) in [6.45, 7) is 0. The van der Waals surface area contributed by atoms with Crippen LogP contribution < -0.4 is 4.74 Å². The van der Waals surface area contributed by atoms with Gasteiger partial charge in [-0.25, -0.2) is 0 Å². The highest BCUT2D eigenvalue weighted by atomic mass is 79.9. The standard InChI is InChI=1S/C8H6BrNO2/c1-11-8-10-6-3-2-5(9)4-7(6)12-8/h2-4H,1H3. The molecular weight excluding hydrogens is 222 g/mol. The van der Waals surface area contributed by atoms with Gasteiger partial charge in [0.1, 0.15) is 5.52 Å². The van der Waals surface area contributed by atoms with Crippen molar-refractivity contribution in [1.82, 2.24) is 4.98 Å². The number of aromatic nitrogens is 1.